The lowest BCUT2D eigenvalue weighted by Crippen LogP contribution is -2.45. The molecule has 1 aliphatic rings. The fraction of sp³-hybridized carbons (Fsp3) is 0.700. The summed E-state index contributed by atoms with van der Waals surface area (Å²) in [4.78, 5) is 109. The van der Waals surface area contributed by atoms with Crippen molar-refractivity contribution in [2.75, 3.05) is 82.7 Å². The molecule has 19 nitrogen and oxygen atoms in total. The lowest BCUT2D eigenvalue weighted by Gasteiger charge is -2.24. The number of hydrogen-bond acceptors (Lipinski definition) is 16. The lowest BCUT2D eigenvalue weighted by atomic mass is 9.81. The number of aromatic hydroxyl groups is 1. The van der Waals surface area contributed by atoms with Gasteiger partial charge in [0.25, 0.3) is 0 Å². The molecule has 0 unspecified atom stereocenters. The van der Waals surface area contributed by atoms with Gasteiger partial charge in [0.1, 0.15) is 28.9 Å². The van der Waals surface area contributed by atoms with Crippen molar-refractivity contribution in [2.24, 2.45) is 45.9 Å². The molecule has 71 heavy (non-hydrogen) atoms. The number of carbonyl (C=O) groups is 8. The summed E-state index contributed by atoms with van der Waals surface area (Å²) >= 11 is 2.72. The Morgan fingerprint density at radius 2 is 1.68 bits per heavy atom. The number of Topliss-reactive ketones (excluding diaryl/α,β-unsaturated/α-hetero) is 5. The zero-order chi connectivity index (χ0) is 52.4. The number of phenolic OH excluding ortho intramolecular Hbond substituents is 1. The molecule has 0 aromatic heterocycles. The number of primary amides is 1. The maximum absolute atomic E-state index is 14.1. The number of nitrogens with two attached hydrogens (primary N) is 3. The van der Waals surface area contributed by atoms with Crippen LogP contribution in [0.3, 0.4) is 0 Å². The van der Waals surface area contributed by atoms with Gasteiger partial charge in [-0.2, -0.15) is 11.8 Å². The van der Waals surface area contributed by atoms with Gasteiger partial charge < -0.3 is 47.7 Å². The number of carbonyl (C=O) groups excluding carboxylic acids is 8. The molecule has 6 atom stereocenters. The van der Waals surface area contributed by atoms with Gasteiger partial charge in [-0.05, 0) is 87.3 Å². The molecule has 1 aliphatic heterocycles. The first-order chi connectivity index (χ1) is 34.0. The maximum Gasteiger partial charge on any atom is 0.234 e. The zero-order valence-corrected chi connectivity index (χ0v) is 43.8. The molecule has 0 bridgehead atoms. The number of benzene rings is 1. The predicted molar refractivity (Wildman–Crippen MR) is 279 cm³/mol. The van der Waals surface area contributed by atoms with Crippen molar-refractivity contribution in [1.29, 1.82) is 0 Å². The second-order valence-corrected chi connectivity index (χ2v) is 20.1. The topological polar surface area (TPSA) is 314 Å². The molecule has 0 aliphatic carbocycles. The molecule has 11 N–H and O–H groups in total. The zero-order valence-electron chi connectivity index (χ0n) is 42.2. The SMILES string of the molecule is CC[C@H](C)[C@@H]1CC(=O)CCNC(=O)CSC[C@@H](C(=O)CC[C@@H](CCCN=C(N)N)CN[C@@H](Cc2ccc(O)cc2)C(N)=O)NCC(=O)[C@H](CCNC(=O)CCOCCOCCCC(=O)CSC)CCC1=O. The highest BCUT2D eigenvalue weighted by Crippen LogP contribution is 2.25. The summed E-state index contributed by atoms with van der Waals surface area (Å²) in [6.45, 7) is 5.91. The number of rotatable bonds is 31. The first-order valence-electron chi connectivity index (χ1n) is 25.0. The Morgan fingerprint density at radius 3 is 2.37 bits per heavy atom. The number of phenols is 1. The molecule has 21 heteroatoms. The molecule has 0 saturated carbocycles. The van der Waals surface area contributed by atoms with Crippen LogP contribution in [-0.2, 0) is 54.3 Å². The van der Waals surface area contributed by atoms with E-state index in [4.69, 9.17) is 26.7 Å². The summed E-state index contributed by atoms with van der Waals surface area (Å²) in [5.41, 5.74) is 17.7. The maximum atomic E-state index is 14.1. The standard InChI is InChI=1S/C50H82N8O11S2/c1-4-34(2)41-28-39(60)18-22-55-48(66)33-71-32-43(45(63)15-11-36(7-5-20-56-50(52)53)29-57-42(49(51)67)27-35-9-13-38(59)14-10-35)58-30-46(64)37(12-16-44(41)62)17-21-54-47(65)19-24-69-26-25-68-23-6-8-40(61)31-70-3/h9-10,13-14,34,36-37,41-43,57-59H,4-8,11-12,15-33H2,1-3H3,(H2,51,67)(H,54,65)(H,55,66)(H4,52,53,56)/t34-,36+,37-,41-,42-,43-/m0/s1. The molecule has 3 amide bonds. The number of ether oxygens (including phenoxy) is 2. The van der Waals surface area contributed by atoms with E-state index in [9.17, 15) is 43.5 Å². The van der Waals surface area contributed by atoms with Crippen molar-refractivity contribution in [2.45, 2.75) is 116 Å². The van der Waals surface area contributed by atoms with E-state index in [0.717, 1.165) is 5.56 Å². The summed E-state index contributed by atoms with van der Waals surface area (Å²) in [5.74, 6) is -2.28. The Bertz CT molecular complexity index is 1840. The monoisotopic (exact) mass is 1030 g/mol. The van der Waals surface area contributed by atoms with E-state index in [1.807, 2.05) is 20.1 Å². The van der Waals surface area contributed by atoms with Gasteiger partial charge in [-0.15, -0.1) is 11.8 Å². The molecule has 1 aromatic carbocycles. The molecular weight excluding hydrogens is 953 g/mol. The molecule has 1 saturated heterocycles. The van der Waals surface area contributed by atoms with Crippen molar-refractivity contribution < 1.29 is 52.9 Å². The summed E-state index contributed by atoms with van der Waals surface area (Å²) in [5, 5.41) is 21.8. The summed E-state index contributed by atoms with van der Waals surface area (Å²) < 4.78 is 11.1. The van der Waals surface area contributed by atoms with E-state index in [1.54, 1.807) is 12.1 Å². The van der Waals surface area contributed by atoms with Gasteiger partial charge >= 0.3 is 0 Å². The molecule has 1 heterocycles. The largest absolute Gasteiger partial charge is 0.508 e. The Balaban J connectivity index is 2.18. The molecule has 2 rings (SSSR count). The first-order valence-corrected chi connectivity index (χ1v) is 27.5. The highest BCUT2D eigenvalue weighted by molar-refractivity contribution is 8.00. The normalized spacial score (nSPS) is 19.1. The van der Waals surface area contributed by atoms with Crippen molar-refractivity contribution in [1.82, 2.24) is 21.3 Å². The van der Waals surface area contributed by atoms with Gasteiger partial charge in [-0.1, -0.05) is 32.4 Å². The van der Waals surface area contributed by atoms with Crippen molar-refractivity contribution in [3.8, 4) is 5.75 Å². The van der Waals surface area contributed by atoms with Crippen LogP contribution in [0, 0.1) is 23.7 Å². The summed E-state index contributed by atoms with van der Waals surface area (Å²) in [7, 11) is 0. The average molecular weight is 1040 g/mol. The highest BCUT2D eigenvalue weighted by atomic mass is 32.2. The van der Waals surface area contributed by atoms with Gasteiger partial charge in [-0.3, -0.25) is 48.7 Å². The van der Waals surface area contributed by atoms with Crippen LogP contribution in [0.15, 0.2) is 29.3 Å². The third kappa shape index (κ3) is 29.0. The number of amides is 3. The Morgan fingerprint density at radius 1 is 0.944 bits per heavy atom. The van der Waals surface area contributed by atoms with E-state index in [-0.39, 0.29) is 153 Å². The van der Waals surface area contributed by atoms with E-state index >= 15 is 0 Å². The Kier molecular flexibility index (Phi) is 33.0. The molecule has 400 valence electrons. The van der Waals surface area contributed by atoms with Crippen molar-refractivity contribution in [3.05, 3.63) is 29.8 Å². The van der Waals surface area contributed by atoms with Crippen LogP contribution in [0.4, 0.5) is 0 Å². The van der Waals surface area contributed by atoms with Crippen LogP contribution in [0.1, 0.15) is 103 Å². The van der Waals surface area contributed by atoms with Gasteiger partial charge in [0.2, 0.25) is 17.7 Å². The van der Waals surface area contributed by atoms with Gasteiger partial charge in [-0.25, -0.2) is 0 Å². The smallest absolute Gasteiger partial charge is 0.234 e. The number of nitrogens with zero attached hydrogens (tertiary/aromatic N) is 1. The van der Waals surface area contributed by atoms with Crippen LogP contribution in [-0.4, -0.2) is 152 Å². The molecular formula is C50H82N8O11S2. The number of aliphatic imine (C=N–C) groups is 1. The minimum atomic E-state index is -0.823. The molecule has 0 radical (unpaired) electrons. The second-order valence-electron chi connectivity index (χ2n) is 18.2. The van der Waals surface area contributed by atoms with E-state index in [0.29, 0.717) is 77.2 Å². The third-order valence-electron chi connectivity index (χ3n) is 12.5. The fourth-order valence-electron chi connectivity index (χ4n) is 8.00. The van der Waals surface area contributed by atoms with Crippen molar-refractivity contribution in [3.63, 3.8) is 0 Å². The van der Waals surface area contributed by atoms with Crippen LogP contribution in [0.2, 0.25) is 0 Å². The predicted octanol–water partition coefficient (Wildman–Crippen LogP) is 2.41. The number of ketones is 5. The summed E-state index contributed by atoms with van der Waals surface area (Å²) in [6, 6.07) is 4.93. The van der Waals surface area contributed by atoms with E-state index in [2.05, 4.69) is 26.3 Å². The molecule has 1 fully saturated rings. The Hall–Kier alpha value is -4.41. The quantitative estimate of drug-likeness (QED) is 0.0301. The fourth-order valence-corrected chi connectivity index (χ4v) is 9.41. The van der Waals surface area contributed by atoms with E-state index < -0.39 is 29.8 Å². The van der Waals surface area contributed by atoms with Gasteiger partial charge in [0.05, 0.1) is 50.0 Å². The molecule has 1 aromatic rings. The first kappa shape index (κ1) is 62.7. The Labute approximate surface area is 428 Å². The molecule has 0 spiro atoms. The van der Waals surface area contributed by atoms with Gasteiger partial charge in [0.15, 0.2) is 11.7 Å². The van der Waals surface area contributed by atoms with Crippen LogP contribution >= 0.6 is 23.5 Å². The average Bonchev–Trinajstić information content (AvgIpc) is 3.33. The number of nitrogens with one attached hydrogen (secondary N) is 4. The number of thioether (sulfide) groups is 2. The summed E-state index contributed by atoms with van der Waals surface area (Å²) in [6.07, 6.45) is 6.37. The second kappa shape index (κ2) is 37.4. The van der Waals surface area contributed by atoms with E-state index in [1.165, 1.54) is 35.7 Å². The van der Waals surface area contributed by atoms with Crippen LogP contribution in [0.5, 0.6) is 5.75 Å². The van der Waals surface area contributed by atoms with Crippen LogP contribution in [0.25, 0.3) is 0 Å². The van der Waals surface area contributed by atoms with Gasteiger partial charge in [0, 0.05) is 82.4 Å². The van der Waals surface area contributed by atoms with Crippen LogP contribution < -0.4 is 38.5 Å². The third-order valence-corrected chi connectivity index (χ3v) is 14.1. The lowest BCUT2D eigenvalue weighted by molar-refractivity contribution is -0.130. The minimum Gasteiger partial charge on any atom is -0.508 e. The van der Waals surface area contributed by atoms with Crippen molar-refractivity contribution >= 4 is 76.1 Å². The number of guanidine groups is 1. The number of hydrogen-bond donors (Lipinski definition) is 8. The highest BCUT2D eigenvalue weighted by Gasteiger charge is 2.30. The minimum absolute atomic E-state index is 0.0113.